The first-order chi connectivity index (χ1) is 9.54. The molecule has 0 aliphatic rings. The standard InChI is InChI=1S/C14H17NO3S2/c1-15(10-9-12-5-3-2-4-6-12)20(17,18)14-8-7-13(11-16)19-14/h2-8,16H,9-11H2,1H3. The molecule has 0 atom stereocenters. The fourth-order valence-electron chi connectivity index (χ4n) is 1.79. The van der Waals surface area contributed by atoms with Crippen LogP contribution < -0.4 is 0 Å². The smallest absolute Gasteiger partial charge is 0.252 e. The lowest BCUT2D eigenvalue weighted by Gasteiger charge is -2.15. The second-order valence-electron chi connectivity index (χ2n) is 4.44. The average molecular weight is 311 g/mol. The van der Waals surface area contributed by atoms with Crippen LogP contribution in [-0.4, -0.2) is 31.4 Å². The van der Waals surface area contributed by atoms with E-state index < -0.39 is 10.0 Å². The van der Waals surface area contributed by atoms with Gasteiger partial charge in [0.2, 0.25) is 0 Å². The van der Waals surface area contributed by atoms with E-state index in [-0.39, 0.29) is 10.8 Å². The molecule has 1 aromatic carbocycles. The number of hydrogen-bond donors (Lipinski definition) is 1. The van der Waals surface area contributed by atoms with Gasteiger partial charge in [0.1, 0.15) is 4.21 Å². The van der Waals surface area contributed by atoms with Crippen LogP contribution in [0.5, 0.6) is 0 Å². The second-order valence-corrected chi connectivity index (χ2v) is 7.88. The van der Waals surface area contributed by atoms with Gasteiger partial charge in [0.05, 0.1) is 6.61 Å². The van der Waals surface area contributed by atoms with Gasteiger partial charge in [-0.05, 0) is 24.1 Å². The van der Waals surface area contributed by atoms with E-state index in [1.165, 1.54) is 4.31 Å². The summed E-state index contributed by atoms with van der Waals surface area (Å²) in [6.07, 6.45) is 0.675. The molecule has 1 heterocycles. The van der Waals surface area contributed by atoms with Gasteiger partial charge in [0.15, 0.2) is 0 Å². The molecule has 108 valence electrons. The summed E-state index contributed by atoms with van der Waals surface area (Å²) < 4.78 is 26.3. The van der Waals surface area contributed by atoms with Crippen molar-refractivity contribution in [3.63, 3.8) is 0 Å². The van der Waals surface area contributed by atoms with Gasteiger partial charge in [-0.25, -0.2) is 8.42 Å². The van der Waals surface area contributed by atoms with E-state index in [9.17, 15) is 8.42 Å². The minimum Gasteiger partial charge on any atom is -0.391 e. The molecule has 6 heteroatoms. The van der Waals surface area contributed by atoms with Crippen molar-refractivity contribution in [1.82, 2.24) is 4.31 Å². The quantitative estimate of drug-likeness (QED) is 0.889. The predicted octanol–water partition coefficient (Wildman–Crippen LogP) is 2.10. The molecule has 0 bridgehead atoms. The lowest BCUT2D eigenvalue weighted by molar-refractivity contribution is 0.285. The van der Waals surface area contributed by atoms with E-state index in [4.69, 9.17) is 5.11 Å². The van der Waals surface area contributed by atoms with Gasteiger partial charge in [0, 0.05) is 18.5 Å². The molecule has 0 radical (unpaired) electrons. The Morgan fingerprint density at radius 2 is 1.85 bits per heavy atom. The van der Waals surface area contributed by atoms with E-state index >= 15 is 0 Å². The summed E-state index contributed by atoms with van der Waals surface area (Å²) in [6.45, 7) is 0.298. The Balaban J connectivity index is 2.05. The summed E-state index contributed by atoms with van der Waals surface area (Å²) in [7, 11) is -1.88. The van der Waals surface area contributed by atoms with E-state index in [0.717, 1.165) is 16.9 Å². The highest BCUT2D eigenvalue weighted by Crippen LogP contribution is 2.24. The molecule has 0 saturated heterocycles. The topological polar surface area (TPSA) is 57.6 Å². The Hall–Kier alpha value is -1.21. The van der Waals surface area contributed by atoms with Gasteiger partial charge < -0.3 is 5.11 Å². The molecule has 0 saturated carbocycles. The minimum absolute atomic E-state index is 0.131. The first-order valence-corrected chi connectivity index (χ1v) is 8.49. The molecule has 0 spiro atoms. The van der Waals surface area contributed by atoms with Crippen molar-refractivity contribution < 1.29 is 13.5 Å². The van der Waals surface area contributed by atoms with Crippen LogP contribution in [0.1, 0.15) is 10.4 Å². The van der Waals surface area contributed by atoms with Crippen molar-refractivity contribution in [3.8, 4) is 0 Å². The number of likely N-dealkylation sites (N-methyl/N-ethyl adjacent to an activating group) is 1. The third-order valence-corrected chi connectivity index (χ3v) is 6.41. The SMILES string of the molecule is CN(CCc1ccccc1)S(=O)(=O)c1ccc(CO)s1. The monoisotopic (exact) mass is 311 g/mol. The molecule has 20 heavy (non-hydrogen) atoms. The Bertz CT molecular complexity index is 650. The zero-order valence-corrected chi connectivity index (χ0v) is 12.8. The Morgan fingerprint density at radius 3 is 2.45 bits per heavy atom. The highest BCUT2D eigenvalue weighted by Gasteiger charge is 2.22. The van der Waals surface area contributed by atoms with Crippen LogP contribution in [0, 0.1) is 0 Å². The van der Waals surface area contributed by atoms with E-state index in [1.54, 1.807) is 19.2 Å². The van der Waals surface area contributed by atoms with Crippen molar-refractivity contribution >= 4 is 21.4 Å². The highest BCUT2D eigenvalue weighted by atomic mass is 32.2. The molecule has 0 aliphatic carbocycles. The Morgan fingerprint density at radius 1 is 1.15 bits per heavy atom. The fourth-order valence-corrected chi connectivity index (χ4v) is 4.38. The van der Waals surface area contributed by atoms with Crippen LogP contribution in [0.4, 0.5) is 0 Å². The predicted molar refractivity (Wildman–Crippen MR) is 80.2 cm³/mol. The normalized spacial score (nSPS) is 11.9. The van der Waals surface area contributed by atoms with Gasteiger partial charge in [0.25, 0.3) is 10.0 Å². The molecule has 2 rings (SSSR count). The first kappa shape index (κ1) is 15.2. The van der Waals surface area contributed by atoms with Crippen LogP contribution in [0.15, 0.2) is 46.7 Å². The molecule has 1 N–H and O–H groups in total. The summed E-state index contributed by atoms with van der Waals surface area (Å²) in [5.74, 6) is 0. The number of benzene rings is 1. The van der Waals surface area contributed by atoms with E-state index in [0.29, 0.717) is 17.8 Å². The molecule has 0 fully saturated rings. The minimum atomic E-state index is -3.46. The number of aliphatic hydroxyl groups is 1. The molecule has 2 aromatic rings. The number of hydrogen-bond acceptors (Lipinski definition) is 4. The maximum Gasteiger partial charge on any atom is 0.252 e. The van der Waals surface area contributed by atoms with Gasteiger partial charge in [-0.3, -0.25) is 0 Å². The Labute approximate surface area is 123 Å². The zero-order chi connectivity index (χ0) is 14.6. The first-order valence-electron chi connectivity index (χ1n) is 6.24. The molecular weight excluding hydrogens is 294 g/mol. The molecule has 4 nitrogen and oxygen atoms in total. The van der Waals surface area contributed by atoms with E-state index in [2.05, 4.69) is 0 Å². The van der Waals surface area contributed by atoms with Crippen molar-refractivity contribution in [1.29, 1.82) is 0 Å². The molecule has 0 aliphatic heterocycles. The number of sulfonamides is 1. The van der Waals surface area contributed by atoms with Crippen molar-refractivity contribution in [3.05, 3.63) is 52.9 Å². The maximum atomic E-state index is 12.3. The largest absolute Gasteiger partial charge is 0.391 e. The van der Waals surface area contributed by atoms with Crippen molar-refractivity contribution in [2.24, 2.45) is 0 Å². The molecular formula is C14H17NO3S2. The number of thiophene rings is 1. The van der Waals surface area contributed by atoms with Gasteiger partial charge >= 0.3 is 0 Å². The molecule has 0 unspecified atom stereocenters. The van der Waals surface area contributed by atoms with Crippen LogP contribution in [-0.2, 0) is 23.1 Å². The zero-order valence-electron chi connectivity index (χ0n) is 11.2. The molecule has 1 aromatic heterocycles. The van der Waals surface area contributed by atoms with E-state index in [1.807, 2.05) is 30.3 Å². The van der Waals surface area contributed by atoms with Crippen LogP contribution >= 0.6 is 11.3 Å². The average Bonchev–Trinajstić information content (AvgIpc) is 2.95. The summed E-state index contributed by atoms with van der Waals surface area (Å²) in [5.41, 5.74) is 1.11. The molecule has 0 amide bonds. The number of aliphatic hydroxyl groups excluding tert-OH is 1. The van der Waals surface area contributed by atoms with Gasteiger partial charge in [-0.1, -0.05) is 30.3 Å². The lowest BCUT2D eigenvalue weighted by atomic mass is 10.2. The summed E-state index contributed by atoms with van der Waals surface area (Å²) >= 11 is 1.11. The fraction of sp³-hybridized carbons (Fsp3) is 0.286. The number of rotatable bonds is 6. The highest BCUT2D eigenvalue weighted by molar-refractivity contribution is 7.91. The summed E-state index contributed by atoms with van der Waals surface area (Å²) in [5, 5.41) is 9.01. The van der Waals surface area contributed by atoms with Gasteiger partial charge in [-0.15, -0.1) is 11.3 Å². The van der Waals surface area contributed by atoms with Crippen LogP contribution in [0.3, 0.4) is 0 Å². The van der Waals surface area contributed by atoms with Crippen molar-refractivity contribution in [2.75, 3.05) is 13.6 Å². The third kappa shape index (κ3) is 3.46. The lowest BCUT2D eigenvalue weighted by Crippen LogP contribution is -2.28. The van der Waals surface area contributed by atoms with Crippen LogP contribution in [0.2, 0.25) is 0 Å². The maximum absolute atomic E-state index is 12.3. The number of nitrogens with zero attached hydrogens (tertiary/aromatic N) is 1. The second kappa shape index (κ2) is 6.49. The summed E-state index contributed by atoms with van der Waals surface area (Å²) in [4.78, 5) is 0.653. The third-order valence-electron chi connectivity index (χ3n) is 3.02. The Kier molecular flexibility index (Phi) is 4.93. The summed E-state index contributed by atoms with van der Waals surface area (Å²) in [6, 6.07) is 13.0. The van der Waals surface area contributed by atoms with Gasteiger partial charge in [-0.2, -0.15) is 4.31 Å². The van der Waals surface area contributed by atoms with Crippen molar-refractivity contribution in [2.45, 2.75) is 17.2 Å². The van der Waals surface area contributed by atoms with Crippen LogP contribution in [0.25, 0.3) is 0 Å².